The molecule has 1 aromatic carbocycles. The monoisotopic (exact) mass is 221 g/mol. The molecule has 1 heterocycles. The number of carbonyl (C=O) groups excluding carboxylic acids is 1. The Balaban J connectivity index is 2.36. The Morgan fingerprint density at radius 1 is 1.38 bits per heavy atom. The number of piperidine rings is 1. The summed E-state index contributed by atoms with van der Waals surface area (Å²) < 4.78 is 13.2. The summed E-state index contributed by atoms with van der Waals surface area (Å²) in [5.74, 6) is -0.0330. The van der Waals surface area contributed by atoms with E-state index in [4.69, 9.17) is 0 Å². The number of Topliss-reactive ketones (excluding diaryl/α,β-unsaturated/α-hetero) is 1. The predicted octanol–water partition coefficient (Wildman–Crippen LogP) is 2.77. The molecule has 1 aliphatic heterocycles. The molecule has 0 saturated carbocycles. The molecule has 0 N–H and O–H groups in total. The van der Waals surface area contributed by atoms with Gasteiger partial charge in [0, 0.05) is 18.7 Å². The van der Waals surface area contributed by atoms with Gasteiger partial charge in [-0.15, -0.1) is 0 Å². The zero-order valence-corrected chi connectivity index (χ0v) is 9.66. The molecule has 1 aliphatic rings. The maximum Gasteiger partial charge on any atom is 0.157 e. The second-order valence-corrected chi connectivity index (χ2v) is 4.72. The Morgan fingerprint density at radius 2 is 2.12 bits per heavy atom. The van der Waals surface area contributed by atoms with Crippen molar-refractivity contribution in [2.24, 2.45) is 0 Å². The molecular weight excluding hydrogens is 205 g/mol. The molecule has 86 valence electrons. The van der Waals surface area contributed by atoms with Crippen LogP contribution in [0.3, 0.4) is 0 Å². The summed E-state index contributed by atoms with van der Waals surface area (Å²) in [6.45, 7) is 4.61. The van der Waals surface area contributed by atoms with Gasteiger partial charge >= 0.3 is 0 Å². The van der Waals surface area contributed by atoms with Crippen molar-refractivity contribution in [2.45, 2.75) is 32.2 Å². The molecule has 0 spiro atoms. The van der Waals surface area contributed by atoms with Crippen LogP contribution in [0.2, 0.25) is 0 Å². The standard InChI is InChI=1S/C13H16FNO/c1-13(2)12(16)7-4-8-15(13)11-6-3-5-10(14)9-11/h3,5-6,9H,4,7-8H2,1-2H3. The van der Waals surface area contributed by atoms with Crippen molar-refractivity contribution in [3.63, 3.8) is 0 Å². The van der Waals surface area contributed by atoms with Crippen LogP contribution in [0, 0.1) is 5.82 Å². The lowest BCUT2D eigenvalue weighted by atomic mass is 9.88. The molecule has 0 aliphatic carbocycles. The average Bonchev–Trinajstić information content (AvgIpc) is 2.22. The summed E-state index contributed by atoms with van der Waals surface area (Å²) >= 11 is 0. The first-order valence-electron chi connectivity index (χ1n) is 5.58. The Bertz CT molecular complexity index is 414. The maximum absolute atomic E-state index is 13.2. The molecule has 0 aromatic heterocycles. The van der Waals surface area contributed by atoms with Gasteiger partial charge in [-0.05, 0) is 38.5 Å². The maximum atomic E-state index is 13.2. The van der Waals surface area contributed by atoms with E-state index in [0.717, 1.165) is 18.7 Å². The molecule has 0 radical (unpaired) electrons. The lowest BCUT2D eigenvalue weighted by molar-refractivity contribution is -0.124. The van der Waals surface area contributed by atoms with Gasteiger partial charge in [0.2, 0.25) is 0 Å². The van der Waals surface area contributed by atoms with Gasteiger partial charge < -0.3 is 4.90 Å². The van der Waals surface area contributed by atoms with Crippen molar-refractivity contribution in [3.8, 4) is 0 Å². The molecule has 1 fully saturated rings. The fourth-order valence-corrected chi connectivity index (χ4v) is 2.23. The third-order valence-corrected chi connectivity index (χ3v) is 3.26. The number of carbonyl (C=O) groups is 1. The topological polar surface area (TPSA) is 20.3 Å². The molecule has 2 rings (SSSR count). The van der Waals surface area contributed by atoms with Gasteiger partial charge in [-0.3, -0.25) is 4.79 Å². The summed E-state index contributed by atoms with van der Waals surface area (Å²) in [6.07, 6.45) is 1.47. The highest BCUT2D eigenvalue weighted by Gasteiger charge is 2.37. The average molecular weight is 221 g/mol. The fourth-order valence-electron chi connectivity index (χ4n) is 2.23. The highest BCUT2D eigenvalue weighted by atomic mass is 19.1. The quantitative estimate of drug-likeness (QED) is 0.726. The molecule has 0 bridgehead atoms. The minimum absolute atomic E-state index is 0.225. The van der Waals surface area contributed by atoms with Crippen LogP contribution in [0.1, 0.15) is 26.7 Å². The molecule has 0 atom stereocenters. The number of rotatable bonds is 1. The summed E-state index contributed by atoms with van der Waals surface area (Å²) in [5.41, 5.74) is 0.268. The summed E-state index contributed by atoms with van der Waals surface area (Å²) in [5, 5.41) is 0. The second-order valence-electron chi connectivity index (χ2n) is 4.72. The van der Waals surface area contributed by atoms with Crippen LogP contribution in [-0.4, -0.2) is 17.9 Å². The van der Waals surface area contributed by atoms with Crippen molar-refractivity contribution >= 4 is 11.5 Å². The minimum atomic E-state index is -0.522. The third-order valence-electron chi connectivity index (χ3n) is 3.26. The molecule has 0 unspecified atom stereocenters. The first-order chi connectivity index (χ1) is 7.51. The van der Waals surface area contributed by atoms with Crippen molar-refractivity contribution in [3.05, 3.63) is 30.1 Å². The van der Waals surface area contributed by atoms with Crippen LogP contribution in [0.15, 0.2) is 24.3 Å². The van der Waals surface area contributed by atoms with Crippen LogP contribution in [0.25, 0.3) is 0 Å². The van der Waals surface area contributed by atoms with Gasteiger partial charge in [0.25, 0.3) is 0 Å². The van der Waals surface area contributed by atoms with E-state index in [1.807, 2.05) is 24.8 Å². The van der Waals surface area contributed by atoms with Crippen LogP contribution < -0.4 is 4.90 Å². The number of halogens is 1. The van der Waals surface area contributed by atoms with Gasteiger partial charge in [0.05, 0.1) is 5.54 Å². The predicted molar refractivity (Wildman–Crippen MR) is 62.1 cm³/mol. The minimum Gasteiger partial charge on any atom is -0.359 e. The zero-order valence-electron chi connectivity index (χ0n) is 9.66. The van der Waals surface area contributed by atoms with Gasteiger partial charge in [-0.1, -0.05) is 6.07 Å². The van der Waals surface area contributed by atoms with Crippen molar-refractivity contribution in [1.82, 2.24) is 0 Å². The molecule has 0 amide bonds. The number of benzene rings is 1. The highest BCUT2D eigenvalue weighted by Crippen LogP contribution is 2.30. The molecule has 1 aromatic rings. The lowest BCUT2D eigenvalue weighted by Crippen LogP contribution is -2.54. The Kier molecular flexibility index (Phi) is 2.70. The van der Waals surface area contributed by atoms with E-state index >= 15 is 0 Å². The van der Waals surface area contributed by atoms with E-state index in [-0.39, 0.29) is 11.6 Å². The number of anilines is 1. The van der Waals surface area contributed by atoms with E-state index in [9.17, 15) is 9.18 Å². The van der Waals surface area contributed by atoms with Crippen LogP contribution in [-0.2, 0) is 4.79 Å². The first kappa shape index (κ1) is 11.1. The van der Waals surface area contributed by atoms with Crippen LogP contribution in [0.4, 0.5) is 10.1 Å². The van der Waals surface area contributed by atoms with Crippen molar-refractivity contribution in [1.29, 1.82) is 0 Å². The summed E-state index contributed by atoms with van der Waals surface area (Å²) in [4.78, 5) is 13.8. The number of nitrogens with zero attached hydrogens (tertiary/aromatic N) is 1. The van der Waals surface area contributed by atoms with Gasteiger partial charge in [-0.2, -0.15) is 0 Å². The SMILES string of the molecule is CC1(C)C(=O)CCCN1c1cccc(F)c1. The molecule has 1 saturated heterocycles. The highest BCUT2D eigenvalue weighted by molar-refractivity contribution is 5.92. The number of hydrogen-bond donors (Lipinski definition) is 0. The Hall–Kier alpha value is -1.38. The van der Waals surface area contributed by atoms with Crippen molar-refractivity contribution < 1.29 is 9.18 Å². The lowest BCUT2D eigenvalue weighted by Gasteiger charge is -2.42. The zero-order chi connectivity index (χ0) is 11.8. The van der Waals surface area contributed by atoms with E-state index in [1.54, 1.807) is 6.07 Å². The largest absolute Gasteiger partial charge is 0.359 e. The van der Waals surface area contributed by atoms with E-state index in [0.29, 0.717) is 6.42 Å². The Morgan fingerprint density at radius 3 is 2.81 bits per heavy atom. The molecular formula is C13H16FNO. The third kappa shape index (κ3) is 1.82. The van der Waals surface area contributed by atoms with E-state index < -0.39 is 5.54 Å². The Labute approximate surface area is 95.1 Å². The molecule has 16 heavy (non-hydrogen) atoms. The van der Waals surface area contributed by atoms with Gasteiger partial charge in [0.1, 0.15) is 5.82 Å². The summed E-state index contributed by atoms with van der Waals surface area (Å²) in [6, 6.07) is 6.44. The summed E-state index contributed by atoms with van der Waals surface area (Å²) in [7, 11) is 0. The van der Waals surface area contributed by atoms with Crippen LogP contribution >= 0.6 is 0 Å². The second kappa shape index (κ2) is 3.89. The van der Waals surface area contributed by atoms with E-state index in [2.05, 4.69) is 0 Å². The van der Waals surface area contributed by atoms with Crippen molar-refractivity contribution in [2.75, 3.05) is 11.4 Å². The fraction of sp³-hybridized carbons (Fsp3) is 0.462. The normalized spacial score (nSPS) is 19.9. The first-order valence-corrected chi connectivity index (χ1v) is 5.58. The molecule has 2 nitrogen and oxygen atoms in total. The van der Waals surface area contributed by atoms with Gasteiger partial charge in [-0.25, -0.2) is 4.39 Å². The molecule has 3 heteroatoms. The van der Waals surface area contributed by atoms with Crippen LogP contribution in [0.5, 0.6) is 0 Å². The van der Waals surface area contributed by atoms with E-state index in [1.165, 1.54) is 12.1 Å². The number of hydrogen-bond acceptors (Lipinski definition) is 2. The number of ketones is 1. The van der Waals surface area contributed by atoms with Gasteiger partial charge in [0.15, 0.2) is 5.78 Å². The smallest absolute Gasteiger partial charge is 0.157 e.